The van der Waals surface area contributed by atoms with E-state index in [1.54, 1.807) is 0 Å². The third-order valence-corrected chi connectivity index (χ3v) is 3.10. The molecule has 0 aliphatic carbocycles. The minimum Gasteiger partial charge on any atom is -0.433 e. The van der Waals surface area contributed by atoms with Gasteiger partial charge in [0, 0.05) is 17.4 Å². The van der Waals surface area contributed by atoms with Crippen LogP contribution in [0.4, 0.5) is 28.9 Å². The lowest BCUT2D eigenvalue weighted by Crippen LogP contribution is -2.21. The van der Waals surface area contributed by atoms with Gasteiger partial charge in [0.05, 0.1) is 11.6 Å². The SMILES string of the molecule is O=C(CNc1ccc(OC(F)F)c(Cl)c1)Nc1ccc(F)c(F)c1. The lowest BCUT2D eigenvalue weighted by atomic mass is 10.3. The van der Waals surface area contributed by atoms with Crippen molar-refractivity contribution in [3.8, 4) is 5.75 Å². The molecule has 0 bridgehead atoms. The zero-order valence-electron chi connectivity index (χ0n) is 12.0. The maximum atomic E-state index is 13.0. The van der Waals surface area contributed by atoms with Crippen LogP contribution in [-0.4, -0.2) is 19.1 Å². The van der Waals surface area contributed by atoms with E-state index >= 15 is 0 Å². The number of nitrogens with one attached hydrogen (secondary N) is 2. The fourth-order valence-corrected chi connectivity index (χ4v) is 1.99. The van der Waals surface area contributed by atoms with Crippen molar-refractivity contribution in [1.82, 2.24) is 0 Å². The highest BCUT2D eigenvalue weighted by molar-refractivity contribution is 6.32. The highest BCUT2D eigenvalue weighted by atomic mass is 35.5. The van der Waals surface area contributed by atoms with E-state index in [0.717, 1.165) is 12.1 Å². The van der Waals surface area contributed by atoms with Crippen molar-refractivity contribution < 1.29 is 27.1 Å². The molecule has 24 heavy (non-hydrogen) atoms. The van der Waals surface area contributed by atoms with E-state index in [9.17, 15) is 22.4 Å². The first-order valence-corrected chi connectivity index (χ1v) is 6.96. The number of anilines is 2. The number of ether oxygens (including phenoxy) is 1. The van der Waals surface area contributed by atoms with Crippen LogP contribution in [0, 0.1) is 11.6 Å². The molecule has 2 rings (SSSR count). The summed E-state index contributed by atoms with van der Waals surface area (Å²) in [5.41, 5.74) is 0.487. The van der Waals surface area contributed by atoms with Gasteiger partial charge in [-0.25, -0.2) is 8.78 Å². The van der Waals surface area contributed by atoms with Gasteiger partial charge in [0.25, 0.3) is 0 Å². The highest BCUT2D eigenvalue weighted by Gasteiger charge is 2.10. The molecule has 0 aliphatic rings. The maximum Gasteiger partial charge on any atom is 0.387 e. The maximum absolute atomic E-state index is 13.0. The summed E-state index contributed by atoms with van der Waals surface area (Å²) in [5, 5.41) is 5.02. The molecule has 0 saturated heterocycles. The normalized spacial score (nSPS) is 10.6. The number of benzene rings is 2. The first-order chi connectivity index (χ1) is 11.3. The number of carbonyl (C=O) groups excluding carboxylic acids is 1. The van der Waals surface area contributed by atoms with Gasteiger partial charge in [-0.15, -0.1) is 0 Å². The van der Waals surface area contributed by atoms with E-state index in [1.807, 2.05) is 0 Å². The Bertz CT molecular complexity index is 743. The van der Waals surface area contributed by atoms with Crippen LogP contribution in [0.25, 0.3) is 0 Å². The molecule has 0 aliphatic heterocycles. The Morgan fingerprint density at radius 2 is 1.79 bits per heavy atom. The zero-order valence-corrected chi connectivity index (χ0v) is 12.7. The van der Waals surface area contributed by atoms with Crippen LogP contribution < -0.4 is 15.4 Å². The minimum atomic E-state index is -3.00. The topological polar surface area (TPSA) is 50.4 Å². The molecule has 0 saturated carbocycles. The van der Waals surface area contributed by atoms with Crippen LogP contribution in [-0.2, 0) is 4.79 Å². The van der Waals surface area contributed by atoms with Gasteiger partial charge in [0.15, 0.2) is 11.6 Å². The molecule has 0 fully saturated rings. The predicted octanol–water partition coefficient (Wildman–Crippen LogP) is 4.27. The number of hydrogen-bond donors (Lipinski definition) is 2. The third-order valence-electron chi connectivity index (χ3n) is 2.80. The van der Waals surface area contributed by atoms with Crippen LogP contribution in [0.5, 0.6) is 5.75 Å². The van der Waals surface area contributed by atoms with E-state index in [4.69, 9.17) is 11.6 Å². The second-order valence-corrected chi connectivity index (χ2v) is 4.96. The first kappa shape index (κ1) is 17.9. The van der Waals surface area contributed by atoms with Crippen molar-refractivity contribution in [2.45, 2.75) is 6.61 Å². The summed E-state index contributed by atoms with van der Waals surface area (Å²) in [4.78, 5) is 11.7. The number of carbonyl (C=O) groups is 1. The molecule has 2 N–H and O–H groups in total. The molecule has 128 valence electrons. The Kier molecular flexibility index (Phi) is 5.86. The Morgan fingerprint density at radius 1 is 1.08 bits per heavy atom. The summed E-state index contributed by atoms with van der Waals surface area (Å²) >= 11 is 5.77. The van der Waals surface area contributed by atoms with E-state index < -0.39 is 24.2 Å². The Hall–Kier alpha value is -2.48. The second kappa shape index (κ2) is 7.87. The van der Waals surface area contributed by atoms with Crippen LogP contribution >= 0.6 is 11.6 Å². The largest absolute Gasteiger partial charge is 0.433 e. The van der Waals surface area contributed by atoms with E-state index in [0.29, 0.717) is 5.69 Å². The van der Waals surface area contributed by atoms with Gasteiger partial charge in [-0.1, -0.05) is 11.6 Å². The third kappa shape index (κ3) is 5.02. The standard InChI is InChI=1S/C15H11ClF4N2O2/c16-10-5-8(2-4-13(10)24-15(19)20)21-7-14(23)22-9-1-3-11(17)12(18)6-9/h1-6,15,21H,7H2,(H,22,23). The number of alkyl halides is 2. The van der Waals surface area contributed by atoms with Crippen molar-refractivity contribution in [1.29, 1.82) is 0 Å². The molecule has 0 unspecified atom stereocenters. The smallest absolute Gasteiger partial charge is 0.387 e. The van der Waals surface area contributed by atoms with Gasteiger partial charge in [-0.05, 0) is 30.3 Å². The summed E-state index contributed by atoms with van der Waals surface area (Å²) in [6.45, 7) is -3.20. The minimum absolute atomic E-state index is 0.0543. The molecule has 0 heterocycles. The Balaban J connectivity index is 1.91. The number of amides is 1. The van der Waals surface area contributed by atoms with Gasteiger partial charge < -0.3 is 15.4 Å². The van der Waals surface area contributed by atoms with Gasteiger partial charge >= 0.3 is 6.61 Å². The van der Waals surface area contributed by atoms with Gasteiger partial charge in [-0.2, -0.15) is 8.78 Å². The van der Waals surface area contributed by atoms with Crippen LogP contribution in [0.3, 0.4) is 0 Å². The van der Waals surface area contributed by atoms with Crippen molar-refractivity contribution in [3.05, 3.63) is 53.1 Å². The molecule has 0 spiro atoms. The van der Waals surface area contributed by atoms with Gasteiger partial charge in [-0.3, -0.25) is 4.79 Å². The summed E-state index contributed by atoms with van der Waals surface area (Å²) < 4.78 is 54.2. The first-order valence-electron chi connectivity index (χ1n) is 6.58. The van der Waals surface area contributed by atoms with Gasteiger partial charge in [0.1, 0.15) is 5.75 Å². The molecule has 4 nitrogen and oxygen atoms in total. The summed E-state index contributed by atoms with van der Waals surface area (Å²) in [5.74, 6) is -2.82. The average Bonchev–Trinajstić information content (AvgIpc) is 2.51. The molecule has 1 amide bonds. The van der Waals surface area contributed by atoms with Crippen LogP contribution in [0.15, 0.2) is 36.4 Å². The average molecular weight is 363 g/mol. The summed E-state index contributed by atoms with van der Waals surface area (Å²) in [7, 11) is 0. The molecule has 2 aromatic rings. The quantitative estimate of drug-likeness (QED) is 0.754. The van der Waals surface area contributed by atoms with E-state index in [-0.39, 0.29) is 23.0 Å². The molecule has 0 radical (unpaired) electrons. The lowest BCUT2D eigenvalue weighted by Gasteiger charge is -2.10. The van der Waals surface area contributed by atoms with Crippen molar-refractivity contribution in [2.75, 3.05) is 17.2 Å². The Morgan fingerprint density at radius 3 is 2.42 bits per heavy atom. The summed E-state index contributed by atoms with van der Waals surface area (Å²) in [6, 6.07) is 6.88. The van der Waals surface area contributed by atoms with E-state index in [1.165, 1.54) is 24.3 Å². The molecular weight excluding hydrogens is 352 g/mol. The summed E-state index contributed by atoms with van der Waals surface area (Å²) in [6.07, 6.45) is 0. The van der Waals surface area contributed by atoms with Gasteiger partial charge in [0.2, 0.25) is 5.91 Å². The zero-order chi connectivity index (χ0) is 17.7. The fraction of sp³-hybridized carbons (Fsp3) is 0.133. The number of halogens is 5. The Labute approximate surface area is 139 Å². The monoisotopic (exact) mass is 362 g/mol. The molecule has 2 aromatic carbocycles. The number of hydrogen-bond acceptors (Lipinski definition) is 3. The van der Waals surface area contributed by atoms with Crippen LogP contribution in [0.1, 0.15) is 0 Å². The van der Waals surface area contributed by atoms with E-state index in [2.05, 4.69) is 15.4 Å². The van der Waals surface area contributed by atoms with Crippen molar-refractivity contribution in [2.24, 2.45) is 0 Å². The second-order valence-electron chi connectivity index (χ2n) is 4.55. The molecule has 0 atom stereocenters. The predicted molar refractivity (Wildman–Crippen MR) is 81.6 cm³/mol. The van der Waals surface area contributed by atoms with Crippen molar-refractivity contribution in [3.63, 3.8) is 0 Å². The molecule has 9 heteroatoms. The molecule has 0 aromatic heterocycles. The fourth-order valence-electron chi connectivity index (χ4n) is 1.76. The van der Waals surface area contributed by atoms with Crippen molar-refractivity contribution >= 4 is 28.9 Å². The number of rotatable bonds is 6. The molecular formula is C15H11ClF4N2O2. The van der Waals surface area contributed by atoms with Crippen LogP contribution in [0.2, 0.25) is 5.02 Å². The highest BCUT2D eigenvalue weighted by Crippen LogP contribution is 2.28. The lowest BCUT2D eigenvalue weighted by molar-refractivity contribution is -0.114.